The fourth-order valence-electron chi connectivity index (χ4n) is 7.93. The van der Waals surface area contributed by atoms with Crippen LogP contribution in [0.25, 0.3) is 83.2 Å². The van der Waals surface area contributed by atoms with Crippen molar-refractivity contribution in [2.24, 2.45) is 0 Å². The maximum atomic E-state index is 5.31. The zero-order chi connectivity index (χ0) is 32.0. The Morgan fingerprint density at radius 2 is 0.958 bits per heavy atom. The highest BCUT2D eigenvalue weighted by atomic mass is 15.2. The number of hydrogen-bond acceptors (Lipinski definition) is 3. The third-order valence-corrected chi connectivity index (χ3v) is 10.3. The Labute approximate surface area is 278 Å². The highest BCUT2D eigenvalue weighted by Crippen LogP contribution is 2.51. The van der Waals surface area contributed by atoms with Crippen molar-refractivity contribution in [2.45, 2.75) is 19.3 Å². The van der Waals surface area contributed by atoms with Crippen LogP contribution in [0.3, 0.4) is 0 Å². The van der Waals surface area contributed by atoms with Crippen LogP contribution in [-0.2, 0) is 5.41 Å². The second kappa shape index (κ2) is 9.93. The maximum Gasteiger partial charge on any atom is 0.238 e. The molecule has 0 radical (unpaired) electrons. The molecule has 1 aliphatic carbocycles. The van der Waals surface area contributed by atoms with E-state index in [-0.39, 0.29) is 5.41 Å². The topological polar surface area (TPSA) is 43.6 Å². The van der Waals surface area contributed by atoms with E-state index in [1.807, 2.05) is 0 Å². The molecule has 0 saturated heterocycles. The van der Waals surface area contributed by atoms with Crippen molar-refractivity contribution < 1.29 is 0 Å². The molecule has 0 unspecified atom stereocenters. The molecule has 226 valence electrons. The van der Waals surface area contributed by atoms with Gasteiger partial charge in [-0.3, -0.25) is 4.57 Å². The highest BCUT2D eigenvalue weighted by Gasteiger charge is 2.36. The third kappa shape index (κ3) is 3.80. The number of para-hydroxylation sites is 1. The average molecular weight is 615 g/mol. The molecule has 0 spiro atoms. The average Bonchev–Trinajstić information content (AvgIpc) is 3.58. The summed E-state index contributed by atoms with van der Waals surface area (Å²) in [7, 11) is 0. The Morgan fingerprint density at radius 3 is 1.65 bits per heavy atom. The predicted molar refractivity (Wildman–Crippen MR) is 198 cm³/mol. The molecule has 7 aromatic carbocycles. The Balaban J connectivity index is 1.31. The Kier molecular flexibility index (Phi) is 5.59. The minimum atomic E-state index is -0.136. The fraction of sp³-hybridized carbons (Fsp3) is 0.0682. The summed E-state index contributed by atoms with van der Waals surface area (Å²) in [5.74, 6) is 1.91. The number of benzene rings is 7. The van der Waals surface area contributed by atoms with E-state index in [0.29, 0.717) is 17.6 Å². The molecule has 0 saturated carbocycles. The quantitative estimate of drug-likeness (QED) is 0.199. The van der Waals surface area contributed by atoms with Gasteiger partial charge in [-0.2, -0.15) is 9.97 Å². The van der Waals surface area contributed by atoms with E-state index in [0.717, 1.165) is 43.7 Å². The standard InChI is InChI=1S/C44H30N4/c1-44(2)37-23-9-7-19-31(37)35-25-36-32-20-8-10-24-39(32)48(40(36)26-38(35)44)43-46-41(33-21-11-15-27-13-3-5-17-29(27)33)45-42(47-43)34-22-12-16-28-14-4-6-18-30(28)34/h3-26H,1-2H3. The van der Waals surface area contributed by atoms with Crippen LogP contribution in [0.5, 0.6) is 0 Å². The summed E-state index contributed by atoms with van der Waals surface area (Å²) < 4.78 is 2.24. The molecule has 0 bridgehead atoms. The van der Waals surface area contributed by atoms with Gasteiger partial charge in [-0.1, -0.05) is 141 Å². The molecule has 2 heterocycles. The summed E-state index contributed by atoms with van der Waals surface area (Å²) in [6.45, 7) is 4.66. The molecule has 0 amide bonds. The van der Waals surface area contributed by atoms with Crippen LogP contribution in [0.15, 0.2) is 146 Å². The van der Waals surface area contributed by atoms with Crippen molar-refractivity contribution in [2.75, 3.05) is 0 Å². The normalized spacial score (nSPS) is 13.4. The van der Waals surface area contributed by atoms with E-state index in [1.165, 1.54) is 33.0 Å². The van der Waals surface area contributed by atoms with E-state index in [2.05, 4.69) is 164 Å². The van der Waals surface area contributed by atoms with Gasteiger partial charge in [0.1, 0.15) is 0 Å². The number of rotatable bonds is 3. The lowest BCUT2D eigenvalue weighted by Crippen LogP contribution is -2.15. The van der Waals surface area contributed by atoms with Crippen LogP contribution >= 0.6 is 0 Å². The van der Waals surface area contributed by atoms with E-state index >= 15 is 0 Å². The lowest BCUT2D eigenvalue weighted by atomic mass is 9.82. The summed E-state index contributed by atoms with van der Waals surface area (Å²) in [4.78, 5) is 15.8. The molecule has 2 aromatic heterocycles. The first-order chi connectivity index (χ1) is 23.6. The molecule has 4 heteroatoms. The molecule has 0 atom stereocenters. The van der Waals surface area contributed by atoms with Gasteiger partial charge in [-0.05, 0) is 62.0 Å². The maximum absolute atomic E-state index is 5.31. The number of aromatic nitrogens is 4. The van der Waals surface area contributed by atoms with Crippen molar-refractivity contribution in [3.8, 4) is 39.9 Å². The van der Waals surface area contributed by atoms with Crippen LogP contribution in [-0.4, -0.2) is 19.5 Å². The molecular formula is C44H30N4. The van der Waals surface area contributed by atoms with Crippen LogP contribution < -0.4 is 0 Å². The molecule has 0 fully saturated rings. The predicted octanol–water partition coefficient (Wildman–Crippen LogP) is 10.9. The minimum Gasteiger partial charge on any atom is -0.278 e. The monoisotopic (exact) mass is 614 g/mol. The van der Waals surface area contributed by atoms with Gasteiger partial charge in [0.25, 0.3) is 0 Å². The highest BCUT2D eigenvalue weighted by molar-refractivity contribution is 6.11. The van der Waals surface area contributed by atoms with Gasteiger partial charge in [-0.15, -0.1) is 0 Å². The molecule has 9 aromatic rings. The molecule has 0 N–H and O–H groups in total. The first-order valence-corrected chi connectivity index (χ1v) is 16.5. The van der Waals surface area contributed by atoms with E-state index in [9.17, 15) is 0 Å². The largest absolute Gasteiger partial charge is 0.278 e. The smallest absolute Gasteiger partial charge is 0.238 e. The summed E-state index contributed by atoms with van der Waals surface area (Å²) >= 11 is 0. The van der Waals surface area contributed by atoms with Gasteiger partial charge in [0.2, 0.25) is 5.95 Å². The van der Waals surface area contributed by atoms with Crippen molar-refractivity contribution in [1.82, 2.24) is 19.5 Å². The molecular weight excluding hydrogens is 585 g/mol. The zero-order valence-corrected chi connectivity index (χ0v) is 26.6. The van der Waals surface area contributed by atoms with Crippen molar-refractivity contribution >= 4 is 43.4 Å². The SMILES string of the molecule is CC1(C)c2ccccc2-c2cc3c4ccccc4n(-c4nc(-c5cccc6ccccc56)nc(-c5cccc6ccccc56)n4)c3cc21. The van der Waals surface area contributed by atoms with Gasteiger partial charge in [0.05, 0.1) is 11.0 Å². The zero-order valence-electron chi connectivity index (χ0n) is 26.6. The molecule has 10 rings (SSSR count). The summed E-state index contributed by atoms with van der Waals surface area (Å²) in [6, 6.07) is 51.7. The van der Waals surface area contributed by atoms with E-state index in [4.69, 9.17) is 15.0 Å². The number of hydrogen-bond donors (Lipinski definition) is 0. The Hall–Kier alpha value is -6.13. The van der Waals surface area contributed by atoms with Crippen molar-refractivity contribution in [1.29, 1.82) is 0 Å². The summed E-state index contributed by atoms with van der Waals surface area (Å²) in [5, 5.41) is 6.89. The Morgan fingerprint density at radius 1 is 0.417 bits per heavy atom. The summed E-state index contributed by atoms with van der Waals surface area (Å²) in [6.07, 6.45) is 0. The first kappa shape index (κ1) is 27.0. The fourth-order valence-corrected chi connectivity index (χ4v) is 7.93. The van der Waals surface area contributed by atoms with Gasteiger partial charge in [0, 0.05) is 27.3 Å². The van der Waals surface area contributed by atoms with Crippen molar-refractivity contribution in [3.05, 3.63) is 157 Å². The van der Waals surface area contributed by atoms with Crippen LogP contribution in [0.4, 0.5) is 0 Å². The first-order valence-electron chi connectivity index (χ1n) is 16.5. The lowest BCUT2D eigenvalue weighted by Gasteiger charge is -2.21. The van der Waals surface area contributed by atoms with Gasteiger partial charge < -0.3 is 0 Å². The van der Waals surface area contributed by atoms with Gasteiger partial charge in [-0.25, -0.2) is 4.98 Å². The number of fused-ring (bicyclic) bond motifs is 8. The van der Waals surface area contributed by atoms with Crippen LogP contribution in [0, 0.1) is 0 Å². The van der Waals surface area contributed by atoms with Gasteiger partial charge in [0.15, 0.2) is 11.6 Å². The van der Waals surface area contributed by atoms with Crippen molar-refractivity contribution in [3.63, 3.8) is 0 Å². The molecule has 0 aliphatic heterocycles. The Bertz CT molecular complexity index is 2660. The molecule has 4 nitrogen and oxygen atoms in total. The third-order valence-electron chi connectivity index (χ3n) is 10.3. The molecule has 48 heavy (non-hydrogen) atoms. The van der Waals surface area contributed by atoms with Gasteiger partial charge >= 0.3 is 0 Å². The second-order valence-corrected chi connectivity index (χ2v) is 13.3. The second-order valence-electron chi connectivity index (χ2n) is 13.3. The molecule has 1 aliphatic rings. The van der Waals surface area contributed by atoms with E-state index in [1.54, 1.807) is 0 Å². The van der Waals surface area contributed by atoms with E-state index < -0.39 is 0 Å². The minimum absolute atomic E-state index is 0.136. The lowest BCUT2D eigenvalue weighted by molar-refractivity contribution is 0.661. The van der Waals surface area contributed by atoms with Crippen LogP contribution in [0.1, 0.15) is 25.0 Å². The number of nitrogens with zero attached hydrogens (tertiary/aromatic N) is 4. The van der Waals surface area contributed by atoms with Crippen LogP contribution in [0.2, 0.25) is 0 Å². The summed E-state index contributed by atoms with van der Waals surface area (Å²) in [5.41, 5.74) is 9.28.